The van der Waals surface area contributed by atoms with Gasteiger partial charge < -0.3 is 5.32 Å². The molecule has 0 spiro atoms. The predicted molar refractivity (Wildman–Crippen MR) is 76.7 cm³/mol. The quantitative estimate of drug-likeness (QED) is 0.803. The van der Waals surface area contributed by atoms with Crippen LogP contribution in [-0.4, -0.2) is 15.0 Å². The van der Waals surface area contributed by atoms with Gasteiger partial charge in [-0.1, -0.05) is 0 Å². The number of halogens is 1. The summed E-state index contributed by atoms with van der Waals surface area (Å²) in [5.41, 5.74) is 1.17. The molecule has 3 heterocycles. The molecular formula is C12H9BrN4S. The molecule has 0 aromatic carbocycles. The van der Waals surface area contributed by atoms with Gasteiger partial charge in [0, 0.05) is 18.9 Å². The third kappa shape index (κ3) is 2.34. The van der Waals surface area contributed by atoms with Crippen LogP contribution in [0.5, 0.6) is 0 Å². The summed E-state index contributed by atoms with van der Waals surface area (Å²) in [6, 6.07) is 6.00. The Morgan fingerprint density at radius 3 is 2.89 bits per heavy atom. The van der Waals surface area contributed by atoms with E-state index in [0.29, 0.717) is 0 Å². The zero-order valence-electron chi connectivity index (χ0n) is 9.30. The third-order valence-electron chi connectivity index (χ3n) is 2.51. The fourth-order valence-corrected chi connectivity index (χ4v) is 3.07. The first-order valence-corrected chi connectivity index (χ1v) is 6.97. The minimum atomic E-state index is 0.724. The molecule has 0 aliphatic heterocycles. The second-order valence-corrected chi connectivity index (χ2v) is 6.11. The second kappa shape index (κ2) is 4.99. The molecule has 18 heavy (non-hydrogen) atoms. The lowest BCUT2D eigenvalue weighted by atomic mass is 10.2. The highest BCUT2D eigenvalue weighted by atomic mass is 79.9. The van der Waals surface area contributed by atoms with Crippen LogP contribution in [0.3, 0.4) is 0 Å². The molecule has 0 amide bonds. The smallest absolute Gasteiger partial charge is 0.138 e. The number of thiophene rings is 1. The number of anilines is 1. The molecule has 6 heteroatoms. The van der Waals surface area contributed by atoms with Crippen molar-refractivity contribution >= 4 is 43.3 Å². The summed E-state index contributed by atoms with van der Waals surface area (Å²) in [7, 11) is 0. The Morgan fingerprint density at radius 2 is 2.06 bits per heavy atom. The number of nitrogens with one attached hydrogen (secondary N) is 1. The van der Waals surface area contributed by atoms with E-state index in [-0.39, 0.29) is 0 Å². The minimum Gasteiger partial charge on any atom is -0.365 e. The first-order chi connectivity index (χ1) is 8.83. The fourth-order valence-electron chi connectivity index (χ4n) is 1.65. The van der Waals surface area contributed by atoms with E-state index in [1.165, 1.54) is 5.56 Å². The van der Waals surface area contributed by atoms with Gasteiger partial charge >= 0.3 is 0 Å². The highest BCUT2D eigenvalue weighted by molar-refractivity contribution is 9.11. The molecular weight excluding hydrogens is 312 g/mol. The lowest BCUT2D eigenvalue weighted by molar-refractivity contribution is 1.09. The van der Waals surface area contributed by atoms with E-state index in [1.54, 1.807) is 30.1 Å². The number of rotatable bonds is 3. The molecule has 3 rings (SSSR count). The van der Waals surface area contributed by atoms with Gasteiger partial charge in [-0.25, -0.2) is 9.97 Å². The second-order valence-electron chi connectivity index (χ2n) is 3.70. The van der Waals surface area contributed by atoms with Gasteiger partial charge in [0.2, 0.25) is 0 Å². The monoisotopic (exact) mass is 320 g/mol. The Hall–Kier alpha value is -1.53. The molecule has 3 aromatic rings. The Morgan fingerprint density at radius 1 is 1.22 bits per heavy atom. The molecule has 0 unspecified atom stereocenters. The lowest BCUT2D eigenvalue weighted by Crippen LogP contribution is -2.01. The van der Waals surface area contributed by atoms with E-state index in [2.05, 4.69) is 36.2 Å². The van der Waals surface area contributed by atoms with Crippen molar-refractivity contribution in [3.05, 3.63) is 46.3 Å². The molecule has 4 nitrogen and oxygen atoms in total. The molecule has 3 aromatic heterocycles. The van der Waals surface area contributed by atoms with Crippen LogP contribution in [0.1, 0.15) is 5.56 Å². The number of hydrogen-bond donors (Lipinski definition) is 1. The average molecular weight is 321 g/mol. The molecule has 0 bridgehead atoms. The SMILES string of the molecule is Brc1cc2c(NCc3ccncc3)ncnc2s1. The van der Waals surface area contributed by atoms with Crippen molar-refractivity contribution < 1.29 is 0 Å². The Kier molecular flexibility index (Phi) is 3.21. The molecule has 0 radical (unpaired) electrons. The number of fused-ring (bicyclic) bond motifs is 1. The summed E-state index contributed by atoms with van der Waals surface area (Å²) in [6.45, 7) is 0.724. The number of nitrogens with zero attached hydrogens (tertiary/aromatic N) is 3. The summed E-state index contributed by atoms with van der Waals surface area (Å²) in [5, 5.41) is 4.37. The van der Waals surface area contributed by atoms with Gasteiger partial charge in [0.25, 0.3) is 0 Å². The van der Waals surface area contributed by atoms with Crippen LogP contribution in [0.4, 0.5) is 5.82 Å². The minimum absolute atomic E-state index is 0.724. The maximum atomic E-state index is 4.28. The Labute approximate surface area is 116 Å². The highest BCUT2D eigenvalue weighted by Crippen LogP contribution is 2.31. The van der Waals surface area contributed by atoms with E-state index in [1.807, 2.05) is 18.2 Å². The summed E-state index contributed by atoms with van der Waals surface area (Å²) in [6.07, 6.45) is 5.15. The lowest BCUT2D eigenvalue weighted by Gasteiger charge is -2.05. The van der Waals surface area contributed by atoms with Crippen molar-refractivity contribution in [2.45, 2.75) is 6.54 Å². The molecule has 0 aliphatic rings. The average Bonchev–Trinajstić information content (AvgIpc) is 2.78. The van der Waals surface area contributed by atoms with Crippen LogP contribution in [0, 0.1) is 0 Å². The van der Waals surface area contributed by atoms with Crippen molar-refractivity contribution in [2.75, 3.05) is 5.32 Å². The van der Waals surface area contributed by atoms with E-state index >= 15 is 0 Å². The zero-order valence-corrected chi connectivity index (χ0v) is 11.7. The maximum absolute atomic E-state index is 4.28. The number of hydrogen-bond acceptors (Lipinski definition) is 5. The summed E-state index contributed by atoms with van der Waals surface area (Å²) in [5.74, 6) is 0.860. The van der Waals surface area contributed by atoms with Crippen molar-refractivity contribution in [2.24, 2.45) is 0 Å². The molecule has 0 atom stereocenters. The molecule has 0 saturated heterocycles. The van der Waals surface area contributed by atoms with Crippen LogP contribution in [0.2, 0.25) is 0 Å². The van der Waals surface area contributed by atoms with Crippen LogP contribution >= 0.6 is 27.3 Å². The van der Waals surface area contributed by atoms with Crippen molar-refractivity contribution in [3.63, 3.8) is 0 Å². The molecule has 90 valence electrons. The van der Waals surface area contributed by atoms with Gasteiger partial charge in [-0.3, -0.25) is 4.98 Å². The zero-order chi connectivity index (χ0) is 12.4. The predicted octanol–water partition coefficient (Wildman–Crippen LogP) is 3.46. The van der Waals surface area contributed by atoms with Gasteiger partial charge in [0.15, 0.2) is 0 Å². The topological polar surface area (TPSA) is 50.7 Å². The van der Waals surface area contributed by atoms with Gasteiger partial charge in [-0.2, -0.15) is 0 Å². The molecule has 0 saturated carbocycles. The summed E-state index contributed by atoms with van der Waals surface area (Å²) >= 11 is 5.07. The van der Waals surface area contributed by atoms with E-state index in [9.17, 15) is 0 Å². The number of pyridine rings is 1. The van der Waals surface area contributed by atoms with Crippen LogP contribution < -0.4 is 5.32 Å². The van der Waals surface area contributed by atoms with Crippen molar-refractivity contribution in [1.29, 1.82) is 0 Å². The third-order valence-corrected chi connectivity index (χ3v) is 4.05. The molecule has 0 aliphatic carbocycles. The van der Waals surface area contributed by atoms with E-state index in [4.69, 9.17) is 0 Å². The fraction of sp³-hybridized carbons (Fsp3) is 0.0833. The van der Waals surface area contributed by atoms with Gasteiger partial charge in [0.1, 0.15) is 17.0 Å². The van der Waals surface area contributed by atoms with E-state index < -0.39 is 0 Å². The van der Waals surface area contributed by atoms with Gasteiger partial charge in [0.05, 0.1) is 9.17 Å². The number of aromatic nitrogens is 3. The van der Waals surface area contributed by atoms with Crippen LogP contribution in [0.15, 0.2) is 40.7 Å². The first-order valence-electron chi connectivity index (χ1n) is 5.36. The van der Waals surface area contributed by atoms with Crippen molar-refractivity contribution in [1.82, 2.24) is 15.0 Å². The van der Waals surface area contributed by atoms with Crippen molar-refractivity contribution in [3.8, 4) is 0 Å². The van der Waals surface area contributed by atoms with Crippen LogP contribution in [0.25, 0.3) is 10.2 Å². The first kappa shape index (κ1) is 11.6. The standard InChI is InChI=1S/C12H9BrN4S/c13-10-5-9-11(16-7-17-12(9)18-10)15-6-8-1-3-14-4-2-8/h1-5,7H,6H2,(H,15,16,17). The molecule has 1 N–H and O–H groups in total. The Balaban J connectivity index is 1.86. The van der Waals surface area contributed by atoms with E-state index in [0.717, 1.165) is 26.4 Å². The highest BCUT2D eigenvalue weighted by Gasteiger charge is 2.06. The summed E-state index contributed by atoms with van der Waals surface area (Å²) in [4.78, 5) is 13.5. The Bertz CT molecular complexity index is 668. The molecule has 0 fully saturated rings. The summed E-state index contributed by atoms with van der Waals surface area (Å²) < 4.78 is 1.06. The van der Waals surface area contributed by atoms with Gasteiger partial charge in [-0.15, -0.1) is 11.3 Å². The van der Waals surface area contributed by atoms with Gasteiger partial charge in [-0.05, 0) is 39.7 Å². The van der Waals surface area contributed by atoms with Crippen LogP contribution in [-0.2, 0) is 6.54 Å². The maximum Gasteiger partial charge on any atom is 0.138 e. The largest absolute Gasteiger partial charge is 0.365 e. The normalized spacial score (nSPS) is 10.7.